The largest absolute Gasteiger partial charge is 0.491 e. The molecular formula is C9H9F6NO5. The maximum atomic E-state index is 12.1. The van der Waals surface area contributed by atoms with Crippen LogP contribution in [0.1, 0.15) is 19.8 Å². The van der Waals surface area contributed by atoms with Gasteiger partial charge in [-0.15, -0.1) is 0 Å². The lowest BCUT2D eigenvalue weighted by Crippen LogP contribution is -2.54. The van der Waals surface area contributed by atoms with Crippen LogP contribution in [-0.2, 0) is 23.9 Å². The van der Waals surface area contributed by atoms with E-state index in [4.69, 9.17) is 0 Å². The average Bonchev–Trinajstić information content (AvgIpc) is 2.25. The Morgan fingerprint density at radius 1 is 0.905 bits per heavy atom. The van der Waals surface area contributed by atoms with Crippen LogP contribution in [0.3, 0.4) is 0 Å². The van der Waals surface area contributed by atoms with Crippen LogP contribution in [0.15, 0.2) is 0 Å². The van der Waals surface area contributed by atoms with Gasteiger partial charge in [0.05, 0.1) is 0 Å². The predicted octanol–water partition coefficient (Wildman–Crippen LogP) is 1.18. The van der Waals surface area contributed by atoms with Crippen molar-refractivity contribution in [2.24, 2.45) is 5.73 Å². The van der Waals surface area contributed by atoms with Crippen LogP contribution in [0.4, 0.5) is 26.3 Å². The molecule has 0 aliphatic carbocycles. The monoisotopic (exact) mass is 325 g/mol. The summed E-state index contributed by atoms with van der Waals surface area (Å²) < 4.78 is 79.6. The van der Waals surface area contributed by atoms with Crippen molar-refractivity contribution in [3.05, 3.63) is 0 Å². The van der Waals surface area contributed by atoms with E-state index in [1.54, 1.807) is 0 Å². The third-order valence-electron chi connectivity index (χ3n) is 1.93. The maximum Gasteiger partial charge on any atom is 0.491 e. The van der Waals surface area contributed by atoms with Gasteiger partial charge in [0.1, 0.15) is 0 Å². The Morgan fingerprint density at radius 3 is 1.43 bits per heavy atom. The highest BCUT2D eigenvalue weighted by atomic mass is 19.4. The summed E-state index contributed by atoms with van der Waals surface area (Å²) in [6.45, 7) is 1.21. The highest BCUT2D eigenvalue weighted by Crippen LogP contribution is 2.29. The van der Waals surface area contributed by atoms with Gasteiger partial charge in [-0.3, -0.25) is 4.79 Å². The molecule has 0 rings (SSSR count). The first-order valence-electron chi connectivity index (χ1n) is 5.16. The van der Waals surface area contributed by atoms with Crippen molar-refractivity contribution in [3.63, 3.8) is 0 Å². The number of ether oxygens (including phenoxy) is 2. The van der Waals surface area contributed by atoms with Gasteiger partial charge in [0.15, 0.2) is 0 Å². The predicted molar refractivity (Wildman–Crippen MR) is 51.1 cm³/mol. The number of hydrogen-bond acceptors (Lipinski definition) is 5. The molecule has 21 heavy (non-hydrogen) atoms. The molecule has 2 N–H and O–H groups in total. The Hall–Kier alpha value is -2.01. The summed E-state index contributed by atoms with van der Waals surface area (Å²) >= 11 is 0. The number of carbonyl (C=O) groups excluding carboxylic acids is 3. The molecule has 12 heteroatoms. The first-order valence-corrected chi connectivity index (χ1v) is 5.16. The Morgan fingerprint density at radius 2 is 1.24 bits per heavy atom. The van der Waals surface area contributed by atoms with Gasteiger partial charge < -0.3 is 15.2 Å². The molecular weight excluding hydrogens is 316 g/mol. The van der Waals surface area contributed by atoms with Crippen LogP contribution < -0.4 is 5.73 Å². The lowest BCUT2D eigenvalue weighted by Gasteiger charge is -2.29. The van der Waals surface area contributed by atoms with Crippen LogP contribution >= 0.6 is 0 Å². The third-order valence-corrected chi connectivity index (χ3v) is 1.93. The number of amides is 1. The molecule has 0 aromatic carbocycles. The van der Waals surface area contributed by atoms with E-state index in [2.05, 4.69) is 15.2 Å². The van der Waals surface area contributed by atoms with Crippen molar-refractivity contribution in [2.45, 2.75) is 37.9 Å². The van der Waals surface area contributed by atoms with Crippen LogP contribution in [0.5, 0.6) is 0 Å². The fourth-order valence-electron chi connectivity index (χ4n) is 1.09. The second-order valence-electron chi connectivity index (χ2n) is 3.64. The van der Waals surface area contributed by atoms with E-state index >= 15 is 0 Å². The van der Waals surface area contributed by atoms with E-state index in [0.717, 1.165) is 0 Å². The zero-order chi connectivity index (χ0) is 17.1. The first kappa shape index (κ1) is 19.0. The molecule has 0 saturated carbocycles. The number of esters is 2. The SMILES string of the molecule is CCCC(OC(=O)C(F)(F)F)(OC(=O)C(F)(F)F)C(N)=O. The van der Waals surface area contributed by atoms with E-state index in [1.807, 2.05) is 0 Å². The van der Waals surface area contributed by atoms with Gasteiger partial charge in [-0.2, -0.15) is 26.3 Å². The second-order valence-corrected chi connectivity index (χ2v) is 3.64. The highest BCUT2D eigenvalue weighted by molar-refractivity contribution is 5.89. The van der Waals surface area contributed by atoms with E-state index in [0.29, 0.717) is 0 Å². The quantitative estimate of drug-likeness (QED) is 0.465. The van der Waals surface area contributed by atoms with Crippen molar-refractivity contribution >= 4 is 17.8 Å². The Labute approximate surface area is 113 Å². The van der Waals surface area contributed by atoms with Crippen molar-refractivity contribution < 1.29 is 50.2 Å². The zero-order valence-corrected chi connectivity index (χ0v) is 10.3. The minimum atomic E-state index is -5.63. The van der Waals surface area contributed by atoms with Gasteiger partial charge in [-0.1, -0.05) is 6.92 Å². The normalized spacial score (nSPS) is 12.7. The number of hydrogen-bond donors (Lipinski definition) is 1. The first-order chi connectivity index (χ1) is 9.26. The number of carbonyl (C=O) groups is 3. The molecule has 0 fully saturated rings. The van der Waals surface area contributed by atoms with E-state index in [1.165, 1.54) is 6.92 Å². The summed E-state index contributed by atoms with van der Waals surface area (Å²) in [6.07, 6.45) is -12.5. The average molecular weight is 325 g/mol. The van der Waals surface area contributed by atoms with Crippen molar-refractivity contribution in [2.75, 3.05) is 0 Å². The lowest BCUT2D eigenvalue weighted by atomic mass is 10.1. The topological polar surface area (TPSA) is 95.7 Å². The number of rotatable bonds is 5. The van der Waals surface area contributed by atoms with Crippen LogP contribution in [0.25, 0.3) is 0 Å². The Bertz CT molecular complexity index is 401. The van der Waals surface area contributed by atoms with Gasteiger partial charge in [-0.25, -0.2) is 9.59 Å². The fourth-order valence-corrected chi connectivity index (χ4v) is 1.09. The van der Waals surface area contributed by atoms with Gasteiger partial charge in [-0.05, 0) is 6.42 Å². The molecule has 122 valence electrons. The summed E-state index contributed by atoms with van der Waals surface area (Å²) in [6, 6.07) is 0. The lowest BCUT2D eigenvalue weighted by molar-refractivity contribution is -0.266. The molecule has 0 saturated heterocycles. The van der Waals surface area contributed by atoms with Crippen LogP contribution in [0, 0.1) is 0 Å². The molecule has 0 heterocycles. The van der Waals surface area contributed by atoms with Crippen LogP contribution in [0.2, 0.25) is 0 Å². The number of primary amides is 1. The molecule has 0 aliphatic heterocycles. The molecule has 6 nitrogen and oxygen atoms in total. The standard InChI is InChI=1S/C9H9F6NO5/c1-2-3-7(4(16)17,20-5(18)8(10,11)12)21-6(19)9(13,14)15/h2-3H2,1H3,(H2,16,17). The number of alkyl halides is 6. The summed E-state index contributed by atoms with van der Waals surface area (Å²) in [7, 11) is 0. The summed E-state index contributed by atoms with van der Waals surface area (Å²) in [5.41, 5.74) is 4.61. The van der Waals surface area contributed by atoms with Crippen molar-refractivity contribution in [1.82, 2.24) is 0 Å². The molecule has 0 atom stereocenters. The highest BCUT2D eigenvalue weighted by Gasteiger charge is 2.55. The van der Waals surface area contributed by atoms with E-state index in [9.17, 15) is 40.7 Å². The molecule has 1 amide bonds. The van der Waals surface area contributed by atoms with Crippen molar-refractivity contribution in [3.8, 4) is 0 Å². The molecule has 0 spiro atoms. The summed E-state index contributed by atoms with van der Waals surface area (Å²) in [5, 5.41) is 0. The van der Waals surface area contributed by atoms with Gasteiger partial charge in [0.2, 0.25) is 0 Å². The molecule has 0 aromatic heterocycles. The van der Waals surface area contributed by atoms with E-state index < -0.39 is 42.4 Å². The fraction of sp³-hybridized carbons (Fsp3) is 0.667. The van der Waals surface area contributed by atoms with E-state index in [-0.39, 0.29) is 6.42 Å². The Balaban J connectivity index is 5.52. The zero-order valence-electron chi connectivity index (χ0n) is 10.3. The minimum absolute atomic E-state index is 0.279. The smallest absolute Gasteiger partial charge is 0.406 e. The molecule has 0 radical (unpaired) electrons. The summed E-state index contributed by atoms with van der Waals surface area (Å²) in [5.74, 6) is -11.5. The van der Waals surface area contributed by atoms with Gasteiger partial charge in [0.25, 0.3) is 0 Å². The third kappa shape index (κ3) is 5.11. The number of nitrogens with two attached hydrogens (primary N) is 1. The second kappa shape index (κ2) is 6.18. The molecule has 0 aliphatic rings. The molecule has 0 unspecified atom stereocenters. The Kier molecular flexibility index (Phi) is 5.59. The van der Waals surface area contributed by atoms with Gasteiger partial charge >= 0.3 is 36.0 Å². The number of halogens is 6. The van der Waals surface area contributed by atoms with Gasteiger partial charge in [0, 0.05) is 6.42 Å². The van der Waals surface area contributed by atoms with Crippen LogP contribution in [-0.4, -0.2) is 36.0 Å². The van der Waals surface area contributed by atoms with Crippen molar-refractivity contribution in [1.29, 1.82) is 0 Å². The molecule has 0 aromatic rings. The summed E-state index contributed by atoms with van der Waals surface area (Å²) in [4.78, 5) is 32.4. The maximum absolute atomic E-state index is 12.1. The minimum Gasteiger partial charge on any atom is -0.406 e. The molecule has 0 bridgehead atoms.